The van der Waals surface area contributed by atoms with Gasteiger partial charge in [-0.15, -0.1) is 0 Å². The van der Waals surface area contributed by atoms with Crippen LogP contribution in [0.2, 0.25) is 0 Å². The Morgan fingerprint density at radius 1 is 0.447 bits per heavy atom. The van der Waals surface area contributed by atoms with Gasteiger partial charge in [-0.2, -0.15) is 13.2 Å². The maximum absolute atomic E-state index is 12.8. The summed E-state index contributed by atoms with van der Waals surface area (Å²) in [7, 11) is 0. The summed E-state index contributed by atoms with van der Waals surface area (Å²) in [6.07, 6.45) is 18.4. The molecule has 0 atom stereocenters. The molecule has 3 amide bonds. The van der Waals surface area contributed by atoms with Crippen LogP contribution < -0.4 is 5.32 Å². The van der Waals surface area contributed by atoms with Crippen molar-refractivity contribution in [2.24, 2.45) is 0 Å². The fraction of sp³-hybridized carbons (Fsp3) is 0.413. The third-order valence-corrected chi connectivity index (χ3v) is 12.9. The first kappa shape index (κ1) is 61.3. The number of carbonyl (C=O) groups excluding carboxylic acids is 3. The van der Waals surface area contributed by atoms with Crippen LogP contribution in [0.15, 0.2) is 127 Å². The first-order valence-corrected chi connectivity index (χ1v) is 27.0. The van der Waals surface area contributed by atoms with Gasteiger partial charge in [0.1, 0.15) is 0 Å². The lowest BCUT2D eigenvalue weighted by Crippen LogP contribution is -2.35. The van der Waals surface area contributed by atoms with Crippen molar-refractivity contribution in [1.82, 2.24) is 15.1 Å². The summed E-state index contributed by atoms with van der Waals surface area (Å²) in [5.41, 5.74) is 5.39. The SMILES string of the molecule is CCCCCCCCCCCCCCCNC(=O)c1ccc(CN(Cc2ccccc2)C(=O)C(=O)O)cc1.CCCCCCc1ccc(C#Cc2ccc(CN(Cc3ccc(C(F)(F)F)cc3)C(=O)C(=O)O)cc2)cc1. The number of halogens is 3. The van der Waals surface area contributed by atoms with E-state index in [1.54, 1.807) is 48.5 Å². The van der Waals surface area contributed by atoms with Crippen LogP contribution in [0.1, 0.15) is 178 Å². The summed E-state index contributed by atoms with van der Waals surface area (Å²) in [5.74, 6) is 0.922. The van der Waals surface area contributed by atoms with Crippen molar-refractivity contribution < 1.29 is 47.4 Å². The van der Waals surface area contributed by atoms with Gasteiger partial charge < -0.3 is 25.3 Å². The van der Waals surface area contributed by atoms with Gasteiger partial charge in [-0.25, -0.2) is 9.59 Å². The van der Waals surface area contributed by atoms with E-state index < -0.39 is 35.5 Å². The number of hydrogen-bond donors (Lipinski definition) is 3. The summed E-state index contributed by atoms with van der Waals surface area (Å²) in [5, 5.41) is 21.4. The topological polar surface area (TPSA) is 144 Å². The van der Waals surface area contributed by atoms with Gasteiger partial charge in [-0.05, 0) is 95.6 Å². The number of benzene rings is 5. The first-order valence-electron chi connectivity index (χ1n) is 27.0. The molecule has 10 nitrogen and oxygen atoms in total. The Morgan fingerprint density at radius 2 is 0.803 bits per heavy atom. The van der Waals surface area contributed by atoms with Gasteiger partial charge in [0, 0.05) is 49.4 Å². The second kappa shape index (κ2) is 34.4. The number of unbranched alkanes of at least 4 members (excludes halogenated alkanes) is 15. The molecule has 0 aliphatic carbocycles. The van der Waals surface area contributed by atoms with Crippen LogP contribution in [-0.4, -0.2) is 56.2 Å². The number of carbonyl (C=O) groups is 5. The maximum atomic E-state index is 12.8. The van der Waals surface area contributed by atoms with E-state index in [1.165, 1.54) is 119 Å². The second-order valence-electron chi connectivity index (χ2n) is 19.3. The van der Waals surface area contributed by atoms with E-state index >= 15 is 0 Å². The smallest absolute Gasteiger partial charge is 0.416 e. The van der Waals surface area contributed by atoms with Crippen LogP contribution >= 0.6 is 0 Å². The number of carboxylic acids is 2. The van der Waals surface area contributed by atoms with Crippen LogP contribution in [0.25, 0.3) is 0 Å². The van der Waals surface area contributed by atoms with Crippen molar-refractivity contribution in [3.63, 3.8) is 0 Å². The number of aryl methyl sites for hydroxylation is 1. The highest BCUT2D eigenvalue weighted by atomic mass is 19.4. The highest BCUT2D eigenvalue weighted by Crippen LogP contribution is 2.29. The van der Waals surface area contributed by atoms with Gasteiger partial charge >= 0.3 is 29.9 Å². The Balaban J connectivity index is 0.000000328. The van der Waals surface area contributed by atoms with Gasteiger partial charge in [-0.3, -0.25) is 14.4 Å². The molecule has 5 aromatic rings. The largest absolute Gasteiger partial charge is 0.474 e. The minimum absolute atomic E-state index is 0.0143. The van der Waals surface area contributed by atoms with Crippen molar-refractivity contribution in [2.45, 2.75) is 162 Å². The quantitative estimate of drug-likeness (QED) is 0.0257. The molecule has 0 unspecified atom stereocenters. The van der Waals surface area contributed by atoms with Crippen LogP contribution in [0.4, 0.5) is 13.2 Å². The molecule has 0 saturated heterocycles. The van der Waals surface area contributed by atoms with E-state index in [9.17, 15) is 47.4 Å². The Morgan fingerprint density at radius 3 is 1.21 bits per heavy atom. The monoisotopic (exact) mass is 1040 g/mol. The van der Waals surface area contributed by atoms with Gasteiger partial charge in [0.2, 0.25) is 0 Å². The molecule has 0 heterocycles. The number of carboxylic acid groups (broad SMARTS) is 2. The average molecular weight is 1040 g/mol. The molecule has 0 fully saturated rings. The summed E-state index contributed by atoms with van der Waals surface area (Å²) < 4.78 is 38.4. The summed E-state index contributed by atoms with van der Waals surface area (Å²) >= 11 is 0. The maximum Gasteiger partial charge on any atom is 0.416 e. The van der Waals surface area contributed by atoms with Crippen molar-refractivity contribution in [1.29, 1.82) is 0 Å². The van der Waals surface area contributed by atoms with E-state index in [0.717, 1.165) is 58.5 Å². The first-order chi connectivity index (χ1) is 36.7. The van der Waals surface area contributed by atoms with E-state index in [4.69, 9.17) is 0 Å². The zero-order chi connectivity index (χ0) is 55.0. The van der Waals surface area contributed by atoms with Crippen LogP contribution in [-0.2, 0) is 58.0 Å². The molecule has 3 N–H and O–H groups in total. The molecule has 76 heavy (non-hydrogen) atoms. The summed E-state index contributed by atoms with van der Waals surface area (Å²) in [6.45, 7) is 5.32. The second-order valence-corrected chi connectivity index (χ2v) is 19.3. The molecule has 406 valence electrons. The summed E-state index contributed by atoms with van der Waals surface area (Å²) in [4.78, 5) is 61.9. The number of aliphatic carboxylic acids is 2. The predicted octanol–water partition coefficient (Wildman–Crippen LogP) is 14.0. The lowest BCUT2D eigenvalue weighted by Gasteiger charge is -2.21. The molecule has 0 radical (unpaired) electrons. The average Bonchev–Trinajstić information content (AvgIpc) is 3.42. The fourth-order valence-electron chi connectivity index (χ4n) is 8.49. The Kier molecular flexibility index (Phi) is 27.8. The Hall–Kier alpha value is -7.20. The fourth-order valence-corrected chi connectivity index (χ4v) is 8.49. The molecular formula is C63H76F3N3O7. The lowest BCUT2D eigenvalue weighted by atomic mass is 10.0. The van der Waals surface area contributed by atoms with Crippen molar-refractivity contribution in [3.8, 4) is 11.8 Å². The minimum atomic E-state index is -4.48. The van der Waals surface area contributed by atoms with Gasteiger partial charge in [0.05, 0.1) is 5.56 Å². The number of nitrogens with zero attached hydrogens (tertiary/aromatic N) is 2. The number of alkyl halides is 3. The zero-order valence-corrected chi connectivity index (χ0v) is 44.4. The van der Waals surface area contributed by atoms with Crippen LogP contribution in [0.5, 0.6) is 0 Å². The lowest BCUT2D eigenvalue weighted by molar-refractivity contribution is -0.156. The third-order valence-electron chi connectivity index (χ3n) is 12.9. The molecule has 5 rings (SSSR count). The Labute approximate surface area is 448 Å². The number of amides is 3. The third kappa shape index (κ3) is 24.0. The van der Waals surface area contributed by atoms with E-state index in [-0.39, 0.29) is 32.1 Å². The normalized spacial score (nSPS) is 10.9. The van der Waals surface area contributed by atoms with Crippen molar-refractivity contribution in [3.05, 3.63) is 177 Å². The van der Waals surface area contributed by atoms with Crippen LogP contribution in [0, 0.1) is 11.8 Å². The molecule has 0 saturated carbocycles. The molecule has 0 aromatic heterocycles. The van der Waals surface area contributed by atoms with E-state index in [1.807, 2.05) is 42.5 Å². The summed E-state index contributed by atoms with van der Waals surface area (Å²) in [6, 6.07) is 35.8. The molecular weight excluding hydrogens is 968 g/mol. The highest BCUT2D eigenvalue weighted by Gasteiger charge is 2.30. The predicted molar refractivity (Wildman–Crippen MR) is 293 cm³/mol. The number of rotatable bonds is 28. The highest BCUT2D eigenvalue weighted by molar-refractivity contribution is 6.31. The van der Waals surface area contributed by atoms with Gasteiger partial charge in [0.25, 0.3) is 5.91 Å². The molecule has 0 aliphatic rings. The zero-order valence-electron chi connectivity index (χ0n) is 44.4. The number of nitrogens with one attached hydrogen (secondary N) is 1. The van der Waals surface area contributed by atoms with Crippen molar-refractivity contribution >= 4 is 29.7 Å². The molecule has 0 spiro atoms. The van der Waals surface area contributed by atoms with Gasteiger partial charge in [0.15, 0.2) is 0 Å². The van der Waals surface area contributed by atoms with Crippen LogP contribution in [0.3, 0.4) is 0 Å². The van der Waals surface area contributed by atoms with Gasteiger partial charge in [-0.1, -0.05) is 201 Å². The molecule has 5 aromatic carbocycles. The minimum Gasteiger partial charge on any atom is -0.474 e. The Bertz CT molecular complexity index is 2570. The molecule has 13 heteroatoms. The van der Waals surface area contributed by atoms with E-state index in [2.05, 4.69) is 43.1 Å². The molecule has 0 aliphatic heterocycles. The number of hydrogen-bond acceptors (Lipinski definition) is 5. The van der Waals surface area contributed by atoms with E-state index in [0.29, 0.717) is 23.2 Å². The van der Waals surface area contributed by atoms with Crippen molar-refractivity contribution in [2.75, 3.05) is 6.54 Å². The standard InChI is InChI=1S/C32H46N2O4.C31H30F3NO3/c1-2-3-4-5-6-7-8-9-10-11-12-13-17-24-33-30(35)29-22-20-28(21-23-29)26-34(31(36)32(37)38)25-27-18-15-14-16-19-27;1-2-3-4-5-6-23-7-9-24(10-8-23)11-12-25-13-15-26(16-14-25)21-35(29(36)30(37)38)22-27-17-19-28(20-18-27)31(32,33)34/h14-16,18-23H,2-13,17,24-26H2,1H3,(H,33,35)(H,37,38);7-10,13-20H,2-6,21-22H2,1H3,(H,37,38). The molecule has 0 bridgehead atoms.